The Balaban J connectivity index is 2.42. The lowest BCUT2D eigenvalue weighted by atomic mass is 9.94. The Kier molecular flexibility index (Phi) is 4.82. The Hall–Kier alpha value is -0.830. The molecule has 0 aromatic carbocycles. The van der Waals surface area contributed by atoms with E-state index in [1.807, 2.05) is 13.2 Å². The number of nitrogens with zero attached hydrogens (tertiary/aromatic N) is 2. The molecule has 0 spiro atoms. The maximum Gasteiger partial charge on any atom is 0.160 e. The zero-order valence-electron chi connectivity index (χ0n) is 10.1. The van der Waals surface area contributed by atoms with Gasteiger partial charge in [0.2, 0.25) is 0 Å². The van der Waals surface area contributed by atoms with Crippen molar-refractivity contribution in [2.75, 3.05) is 34.2 Å². The zero-order chi connectivity index (χ0) is 11.3. The summed E-state index contributed by atoms with van der Waals surface area (Å²) in [6, 6.07) is 0. The quantitative estimate of drug-likeness (QED) is 0.657. The molecule has 0 aromatic rings. The van der Waals surface area contributed by atoms with E-state index in [4.69, 9.17) is 0 Å². The van der Waals surface area contributed by atoms with Gasteiger partial charge >= 0.3 is 0 Å². The van der Waals surface area contributed by atoms with Gasteiger partial charge in [-0.2, -0.15) is 0 Å². The van der Waals surface area contributed by atoms with Crippen molar-refractivity contribution in [2.24, 2.45) is 0 Å². The van der Waals surface area contributed by atoms with Gasteiger partial charge in [-0.3, -0.25) is 4.79 Å². The molecule has 3 heteroatoms. The lowest BCUT2D eigenvalue weighted by molar-refractivity contribution is -0.116. The number of allylic oxidation sites excluding steroid dienone is 1. The SMILES string of the molecule is CN(C)CCN(C)/C=C1\CCCCC1=O. The summed E-state index contributed by atoms with van der Waals surface area (Å²) in [6.45, 7) is 2.00. The van der Waals surface area contributed by atoms with Gasteiger partial charge in [0.25, 0.3) is 0 Å². The Bertz CT molecular complexity index is 246. The molecule has 1 fully saturated rings. The molecule has 0 amide bonds. The molecule has 15 heavy (non-hydrogen) atoms. The van der Waals surface area contributed by atoms with Gasteiger partial charge in [-0.05, 0) is 33.4 Å². The number of rotatable bonds is 4. The van der Waals surface area contributed by atoms with Crippen molar-refractivity contribution in [3.63, 3.8) is 0 Å². The predicted octanol–water partition coefficient (Wildman–Crippen LogP) is 1.51. The Morgan fingerprint density at radius 3 is 2.40 bits per heavy atom. The van der Waals surface area contributed by atoms with E-state index in [0.29, 0.717) is 5.78 Å². The molecule has 0 unspecified atom stereocenters. The lowest BCUT2D eigenvalue weighted by Crippen LogP contribution is -2.26. The molecule has 1 aliphatic carbocycles. The van der Waals surface area contributed by atoms with Crippen LogP contribution in [0.25, 0.3) is 0 Å². The van der Waals surface area contributed by atoms with Crippen LogP contribution in [0.1, 0.15) is 25.7 Å². The first-order chi connectivity index (χ1) is 7.09. The molecule has 0 radical (unpaired) electrons. The van der Waals surface area contributed by atoms with Crippen LogP contribution in [0.15, 0.2) is 11.8 Å². The fourth-order valence-corrected chi connectivity index (χ4v) is 1.73. The minimum Gasteiger partial charge on any atom is -0.379 e. The van der Waals surface area contributed by atoms with Crippen molar-refractivity contribution in [1.82, 2.24) is 9.80 Å². The molecule has 0 aliphatic heterocycles. The second-order valence-electron chi connectivity index (χ2n) is 4.57. The molecule has 0 aromatic heterocycles. The van der Waals surface area contributed by atoms with E-state index in [1.165, 1.54) is 6.42 Å². The van der Waals surface area contributed by atoms with Crippen molar-refractivity contribution in [2.45, 2.75) is 25.7 Å². The Labute approximate surface area is 92.7 Å². The number of hydrogen-bond acceptors (Lipinski definition) is 3. The fourth-order valence-electron chi connectivity index (χ4n) is 1.73. The van der Waals surface area contributed by atoms with Gasteiger partial charge in [0.05, 0.1) is 0 Å². The summed E-state index contributed by atoms with van der Waals surface area (Å²) in [5, 5.41) is 0. The van der Waals surface area contributed by atoms with Gasteiger partial charge in [0.1, 0.15) is 0 Å². The molecule has 1 rings (SSSR count). The van der Waals surface area contributed by atoms with Crippen molar-refractivity contribution < 1.29 is 4.79 Å². The van der Waals surface area contributed by atoms with E-state index in [2.05, 4.69) is 23.9 Å². The Morgan fingerprint density at radius 1 is 1.13 bits per heavy atom. The Morgan fingerprint density at radius 2 is 1.80 bits per heavy atom. The first-order valence-corrected chi connectivity index (χ1v) is 5.68. The molecule has 86 valence electrons. The van der Waals surface area contributed by atoms with Gasteiger partial charge in [-0.15, -0.1) is 0 Å². The predicted molar refractivity (Wildman–Crippen MR) is 62.7 cm³/mol. The van der Waals surface area contributed by atoms with E-state index < -0.39 is 0 Å². The van der Waals surface area contributed by atoms with Crippen LogP contribution in [-0.4, -0.2) is 49.8 Å². The van der Waals surface area contributed by atoms with Crippen LogP contribution in [0.3, 0.4) is 0 Å². The number of hydrogen-bond donors (Lipinski definition) is 0. The molecule has 1 aliphatic rings. The van der Waals surface area contributed by atoms with Crippen LogP contribution < -0.4 is 0 Å². The second-order valence-corrected chi connectivity index (χ2v) is 4.57. The summed E-state index contributed by atoms with van der Waals surface area (Å²) >= 11 is 0. The van der Waals surface area contributed by atoms with Crippen LogP contribution in [-0.2, 0) is 4.79 Å². The van der Waals surface area contributed by atoms with Crippen molar-refractivity contribution in [3.05, 3.63) is 11.8 Å². The van der Waals surface area contributed by atoms with Crippen LogP contribution in [0.2, 0.25) is 0 Å². The highest BCUT2D eigenvalue weighted by atomic mass is 16.1. The molecule has 3 nitrogen and oxygen atoms in total. The van der Waals surface area contributed by atoms with E-state index in [0.717, 1.165) is 37.9 Å². The van der Waals surface area contributed by atoms with Crippen molar-refractivity contribution in [1.29, 1.82) is 0 Å². The van der Waals surface area contributed by atoms with Crippen LogP contribution in [0.5, 0.6) is 0 Å². The number of carbonyl (C=O) groups excluding carboxylic acids is 1. The second kappa shape index (κ2) is 5.91. The van der Waals surface area contributed by atoms with Gasteiger partial charge in [-0.25, -0.2) is 0 Å². The average Bonchev–Trinajstić information content (AvgIpc) is 2.18. The van der Waals surface area contributed by atoms with E-state index in [9.17, 15) is 4.79 Å². The first-order valence-electron chi connectivity index (χ1n) is 5.68. The van der Waals surface area contributed by atoms with Gasteiger partial charge in [0.15, 0.2) is 5.78 Å². The minimum absolute atomic E-state index is 0.345. The number of Topliss-reactive ketones (excluding diaryl/α,β-unsaturated/α-hetero) is 1. The molecule has 0 heterocycles. The van der Waals surface area contributed by atoms with E-state index in [1.54, 1.807) is 0 Å². The summed E-state index contributed by atoms with van der Waals surface area (Å²) in [4.78, 5) is 15.8. The topological polar surface area (TPSA) is 23.6 Å². The van der Waals surface area contributed by atoms with Crippen molar-refractivity contribution in [3.8, 4) is 0 Å². The summed E-state index contributed by atoms with van der Waals surface area (Å²) in [5.74, 6) is 0.345. The monoisotopic (exact) mass is 210 g/mol. The third-order valence-corrected chi connectivity index (χ3v) is 2.73. The third kappa shape index (κ3) is 4.47. The highest BCUT2D eigenvalue weighted by molar-refractivity contribution is 5.95. The van der Waals surface area contributed by atoms with Crippen molar-refractivity contribution >= 4 is 5.78 Å². The summed E-state index contributed by atoms with van der Waals surface area (Å²) in [7, 11) is 6.16. The van der Waals surface area contributed by atoms with Crippen LogP contribution in [0.4, 0.5) is 0 Å². The lowest BCUT2D eigenvalue weighted by Gasteiger charge is -2.20. The average molecular weight is 210 g/mol. The number of carbonyl (C=O) groups is 1. The van der Waals surface area contributed by atoms with Crippen LogP contribution >= 0.6 is 0 Å². The summed E-state index contributed by atoms with van der Waals surface area (Å²) < 4.78 is 0. The summed E-state index contributed by atoms with van der Waals surface area (Å²) in [6.07, 6.45) is 5.97. The zero-order valence-corrected chi connectivity index (χ0v) is 10.1. The molecule has 0 atom stereocenters. The minimum atomic E-state index is 0.345. The number of ketones is 1. The van der Waals surface area contributed by atoms with Gasteiger partial charge < -0.3 is 9.80 Å². The summed E-state index contributed by atoms with van der Waals surface area (Å²) in [5.41, 5.74) is 1.02. The largest absolute Gasteiger partial charge is 0.379 e. The van der Waals surface area contributed by atoms with E-state index >= 15 is 0 Å². The maximum atomic E-state index is 11.6. The smallest absolute Gasteiger partial charge is 0.160 e. The number of likely N-dealkylation sites (N-methyl/N-ethyl adjacent to an activating group) is 2. The molecule has 0 bridgehead atoms. The highest BCUT2D eigenvalue weighted by Crippen LogP contribution is 2.19. The molecule has 1 saturated carbocycles. The normalized spacial score (nSPS) is 20.0. The highest BCUT2D eigenvalue weighted by Gasteiger charge is 2.14. The van der Waals surface area contributed by atoms with E-state index in [-0.39, 0.29) is 0 Å². The fraction of sp³-hybridized carbons (Fsp3) is 0.750. The van der Waals surface area contributed by atoms with Crippen LogP contribution in [0, 0.1) is 0 Å². The van der Waals surface area contributed by atoms with Gasteiger partial charge in [-0.1, -0.05) is 0 Å². The molecular formula is C12H22N2O. The molecular weight excluding hydrogens is 188 g/mol. The first kappa shape index (κ1) is 12.2. The third-order valence-electron chi connectivity index (χ3n) is 2.73. The molecule has 0 N–H and O–H groups in total. The standard InChI is InChI=1S/C12H22N2O/c1-13(2)8-9-14(3)10-11-6-4-5-7-12(11)15/h10H,4-9H2,1-3H3/b11-10+. The molecule has 0 saturated heterocycles. The van der Waals surface area contributed by atoms with Gasteiger partial charge in [0, 0.05) is 38.3 Å². The maximum absolute atomic E-state index is 11.6.